The second-order valence-corrected chi connectivity index (χ2v) is 2.90. The fourth-order valence-corrected chi connectivity index (χ4v) is 1.29. The average Bonchev–Trinajstić information content (AvgIpc) is 2.07. The molecule has 1 aliphatic rings. The van der Waals surface area contributed by atoms with E-state index in [4.69, 9.17) is 4.74 Å². The van der Waals surface area contributed by atoms with Crippen LogP contribution in [0.5, 0.6) is 0 Å². The summed E-state index contributed by atoms with van der Waals surface area (Å²) in [6.07, 6.45) is 10.4. The summed E-state index contributed by atoms with van der Waals surface area (Å²) in [7, 11) is 1.76. The molecule has 0 N–H and O–H groups in total. The molecule has 0 aromatic carbocycles. The molecule has 0 bridgehead atoms. The summed E-state index contributed by atoms with van der Waals surface area (Å²) in [5, 5.41) is 0. The highest BCUT2D eigenvalue weighted by Crippen LogP contribution is 2.16. The summed E-state index contributed by atoms with van der Waals surface area (Å²) in [5.74, 6) is 0. The first-order valence-corrected chi connectivity index (χ1v) is 4.27. The molecular weight excluding hydrogens is 136 g/mol. The second kappa shape index (κ2) is 4.35. The lowest BCUT2D eigenvalue weighted by Crippen LogP contribution is -2.08. The fraction of sp³-hybridized carbons (Fsp3) is 0.600. The average molecular weight is 152 g/mol. The molecule has 1 nitrogen and oxygen atoms in total. The summed E-state index contributed by atoms with van der Waals surface area (Å²) in [6.45, 7) is 2.21. The van der Waals surface area contributed by atoms with E-state index < -0.39 is 0 Å². The first kappa shape index (κ1) is 8.54. The minimum Gasteiger partial charge on any atom is -0.377 e. The molecule has 1 atom stereocenters. The Balaban J connectivity index is 2.39. The third kappa shape index (κ3) is 2.51. The lowest BCUT2D eigenvalue weighted by atomic mass is 10.0. The lowest BCUT2D eigenvalue weighted by molar-refractivity contribution is 0.142. The van der Waals surface area contributed by atoms with E-state index in [1.165, 1.54) is 18.4 Å². The predicted molar refractivity (Wildman–Crippen MR) is 47.5 cm³/mol. The van der Waals surface area contributed by atoms with Crippen LogP contribution in [0.2, 0.25) is 0 Å². The van der Waals surface area contributed by atoms with Crippen molar-refractivity contribution in [2.24, 2.45) is 0 Å². The molecule has 0 aromatic rings. The van der Waals surface area contributed by atoms with E-state index in [1.807, 2.05) is 0 Å². The Labute approximate surface area is 68.8 Å². The maximum absolute atomic E-state index is 5.19. The number of ether oxygens (including phenoxy) is 1. The molecule has 0 saturated carbocycles. The Morgan fingerprint density at radius 3 is 2.91 bits per heavy atom. The Bertz CT molecular complexity index is 168. The van der Waals surface area contributed by atoms with Crippen molar-refractivity contribution >= 4 is 0 Å². The van der Waals surface area contributed by atoms with Gasteiger partial charge >= 0.3 is 0 Å². The predicted octanol–water partition coefficient (Wildman–Crippen LogP) is 2.69. The van der Waals surface area contributed by atoms with Gasteiger partial charge < -0.3 is 4.74 Å². The van der Waals surface area contributed by atoms with Crippen LogP contribution in [0.3, 0.4) is 0 Å². The van der Waals surface area contributed by atoms with Gasteiger partial charge in [-0.25, -0.2) is 0 Å². The number of rotatable bonds is 3. The standard InChI is InChI=1S/C10H16O/c1-3-4-9-5-7-10(11-2)8-6-9/h5-7,10H,3-4,8H2,1-2H3/t10-/m0/s1. The summed E-state index contributed by atoms with van der Waals surface area (Å²) in [5.41, 5.74) is 1.46. The molecule has 0 unspecified atom stereocenters. The largest absolute Gasteiger partial charge is 0.377 e. The van der Waals surface area contributed by atoms with Crippen LogP contribution in [0.1, 0.15) is 26.2 Å². The second-order valence-electron chi connectivity index (χ2n) is 2.90. The Morgan fingerprint density at radius 1 is 1.64 bits per heavy atom. The van der Waals surface area contributed by atoms with Crippen molar-refractivity contribution in [1.29, 1.82) is 0 Å². The van der Waals surface area contributed by atoms with Crippen LogP contribution >= 0.6 is 0 Å². The molecule has 1 rings (SSSR count). The van der Waals surface area contributed by atoms with Gasteiger partial charge in [0.05, 0.1) is 6.10 Å². The topological polar surface area (TPSA) is 9.23 Å². The van der Waals surface area contributed by atoms with E-state index in [0.29, 0.717) is 6.10 Å². The van der Waals surface area contributed by atoms with Crippen LogP contribution < -0.4 is 0 Å². The van der Waals surface area contributed by atoms with Crippen molar-refractivity contribution in [3.63, 3.8) is 0 Å². The zero-order valence-corrected chi connectivity index (χ0v) is 7.34. The molecule has 0 aromatic heterocycles. The minimum absolute atomic E-state index is 0.315. The van der Waals surface area contributed by atoms with Crippen LogP contribution in [0.25, 0.3) is 0 Å². The van der Waals surface area contributed by atoms with Crippen LogP contribution in [0, 0.1) is 0 Å². The molecular formula is C10H16O. The normalized spacial score (nSPS) is 23.5. The summed E-state index contributed by atoms with van der Waals surface area (Å²) < 4.78 is 5.19. The van der Waals surface area contributed by atoms with Crippen LogP contribution in [-0.2, 0) is 4.74 Å². The summed E-state index contributed by atoms with van der Waals surface area (Å²) >= 11 is 0. The smallest absolute Gasteiger partial charge is 0.0789 e. The Kier molecular flexibility index (Phi) is 3.37. The third-order valence-corrected chi connectivity index (χ3v) is 1.98. The van der Waals surface area contributed by atoms with Gasteiger partial charge in [-0.05, 0) is 12.8 Å². The number of allylic oxidation sites excluding steroid dienone is 2. The van der Waals surface area contributed by atoms with Crippen molar-refractivity contribution in [1.82, 2.24) is 0 Å². The Hall–Kier alpha value is -0.560. The fourth-order valence-electron chi connectivity index (χ4n) is 1.29. The molecule has 1 aliphatic carbocycles. The third-order valence-electron chi connectivity index (χ3n) is 1.98. The first-order valence-electron chi connectivity index (χ1n) is 4.27. The zero-order valence-electron chi connectivity index (χ0n) is 7.34. The number of hydrogen-bond donors (Lipinski definition) is 0. The highest BCUT2D eigenvalue weighted by Gasteiger charge is 2.05. The van der Waals surface area contributed by atoms with Crippen molar-refractivity contribution < 1.29 is 4.74 Å². The molecule has 0 radical (unpaired) electrons. The highest BCUT2D eigenvalue weighted by atomic mass is 16.5. The van der Waals surface area contributed by atoms with Gasteiger partial charge in [0.15, 0.2) is 0 Å². The molecule has 0 heterocycles. The van der Waals surface area contributed by atoms with Gasteiger partial charge in [0.2, 0.25) is 0 Å². The van der Waals surface area contributed by atoms with Gasteiger partial charge in [0.25, 0.3) is 0 Å². The van der Waals surface area contributed by atoms with Crippen molar-refractivity contribution in [3.8, 4) is 0 Å². The molecule has 0 saturated heterocycles. The monoisotopic (exact) mass is 152 g/mol. The summed E-state index contributed by atoms with van der Waals surface area (Å²) in [6, 6.07) is 0. The van der Waals surface area contributed by atoms with E-state index in [1.54, 1.807) is 7.11 Å². The minimum atomic E-state index is 0.315. The highest BCUT2D eigenvalue weighted by molar-refractivity contribution is 5.24. The van der Waals surface area contributed by atoms with Crippen molar-refractivity contribution in [3.05, 3.63) is 23.8 Å². The van der Waals surface area contributed by atoms with Crippen LogP contribution in [0.4, 0.5) is 0 Å². The first-order chi connectivity index (χ1) is 5.36. The maximum atomic E-state index is 5.19. The van der Waals surface area contributed by atoms with Crippen molar-refractivity contribution in [2.45, 2.75) is 32.3 Å². The van der Waals surface area contributed by atoms with Gasteiger partial charge in [-0.15, -0.1) is 0 Å². The quantitative estimate of drug-likeness (QED) is 0.604. The molecule has 0 aliphatic heterocycles. The SMILES string of the molecule is CCCC1=CC[C@@H](OC)C=C1. The van der Waals surface area contributed by atoms with Gasteiger partial charge in [-0.3, -0.25) is 0 Å². The van der Waals surface area contributed by atoms with Crippen LogP contribution in [-0.4, -0.2) is 13.2 Å². The van der Waals surface area contributed by atoms with Crippen LogP contribution in [0.15, 0.2) is 23.8 Å². The molecule has 0 amide bonds. The van der Waals surface area contributed by atoms with E-state index >= 15 is 0 Å². The van der Waals surface area contributed by atoms with Gasteiger partial charge in [0, 0.05) is 7.11 Å². The summed E-state index contributed by atoms with van der Waals surface area (Å²) in [4.78, 5) is 0. The van der Waals surface area contributed by atoms with Gasteiger partial charge in [-0.1, -0.05) is 37.1 Å². The van der Waals surface area contributed by atoms with Crippen molar-refractivity contribution in [2.75, 3.05) is 7.11 Å². The number of hydrogen-bond acceptors (Lipinski definition) is 1. The lowest BCUT2D eigenvalue weighted by Gasteiger charge is -2.13. The molecule has 0 fully saturated rings. The number of methoxy groups -OCH3 is 1. The van der Waals surface area contributed by atoms with Gasteiger partial charge in [-0.2, -0.15) is 0 Å². The zero-order chi connectivity index (χ0) is 8.10. The van der Waals surface area contributed by atoms with E-state index in [9.17, 15) is 0 Å². The maximum Gasteiger partial charge on any atom is 0.0789 e. The molecule has 62 valence electrons. The molecule has 11 heavy (non-hydrogen) atoms. The van der Waals surface area contributed by atoms with E-state index in [2.05, 4.69) is 25.2 Å². The van der Waals surface area contributed by atoms with Gasteiger partial charge in [0.1, 0.15) is 0 Å². The van der Waals surface area contributed by atoms with E-state index in [0.717, 1.165) is 6.42 Å². The molecule has 1 heteroatoms. The molecule has 0 spiro atoms. The van der Waals surface area contributed by atoms with E-state index in [-0.39, 0.29) is 0 Å². The Morgan fingerprint density at radius 2 is 2.45 bits per heavy atom.